The molecule has 0 aliphatic heterocycles. The fraction of sp³-hybridized carbons (Fsp3) is 0.111. The van der Waals surface area contributed by atoms with Crippen LogP contribution in [0.15, 0.2) is 109 Å². The third-order valence-corrected chi connectivity index (χ3v) is 10.7. The number of alkyl halides is 3. The minimum atomic E-state index is -4.49. The Morgan fingerprint density at radius 2 is 1.09 bits per heavy atom. The van der Waals surface area contributed by atoms with E-state index in [4.69, 9.17) is 4.74 Å². The van der Waals surface area contributed by atoms with Gasteiger partial charge < -0.3 is 0 Å². The molecule has 0 atom stereocenters. The summed E-state index contributed by atoms with van der Waals surface area (Å²) in [7, 11) is -1.42. The Hall–Kier alpha value is -3.10. The fourth-order valence-electron chi connectivity index (χ4n) is 4.37. The Morgan fingerprint density at radius 1 is 0.656 bits per heavy atom. The number of hydrogen-bond donors (Lipinski definition) is 0. The van der Waals surface area contributed by atoms with E-state index in [0.29, 0.717) is 11.7 Å². The van der Waals surface area contributed by atoms with Crippen LogP contribution >= 0.6 is 7.26 Å². The van der Waals surface area contributed by atoms with Crippen molar-refractivity contribution in [3.63, 3.8) is 0 Å². The van der Waals surface area contributed by atoms with E-state index in [1.807, 2.05) is 54.6 Å². The van der Waals surface area contributed by atoms with Crippen molar-refractivity contribution in [3.8, 4) is 5.75 Å². The van der Waals surface area contributed by atoms with Gasteiger partial charge in [0.05, 0.1) is 0 Å². The van der Waals surface area contributed by atoms with Crippen LogP contribution in [-0.2, 0) is 12.3 Å². The predicted molar refractivity (Wildman–Crippen MR) is 128 cm³/mol. The second kappa shape index (κ2) is 9.18. The molecule has 0 bridgehead atoms. The Kier molecular flexibility index (Phi) is 6.34. The van der Waals surface area contributed by atoms with Gasteiger partial charge in [-0.15, -0.1) is 0 Å². The zero-order chi connectivity index (χ0) is 22.6. The minimum absolute atomic E-state index is 0.160. The molecule has 164 valence electrons. The summed E-state index contributed by atoms with van der Waals surface area (Å²) in [6.07, 6.45) is -3.99. The molecule has 0 fully saturated rings. The first-order valence-electron chi connectivity index (χ1n) is 10.4. The number of methoxy groups -OCH3 is 1. The molecule has 4 rings (SSSR count). The summed E-state index contributed by atoms with van der Waals surface area (Å²) in [5.41, 5.74) is -0.101. The summed E-state index contributed by atoms with van der Waals surface area (Å²) in [5.74, 6) is -0.160. The van der Waals surface area contributed by atoms with Crippen molar-refractivity contribution in [2.24, 2.45) is 0 Å². The molecule has 0 N–H and O–H groups in total. The van der Waals surface area contributed by atoms with Gasteiger partial charge in [-0.2, -0.15) is 0 Å². The third kappa shape index (κ3) is 4.28. The second-order valence-corrected chi connectivity index (χ2v) is 11.6. The first kappa shape index (κ1) is 22.1. The summed E-state index contributed by atoms with van der Waals surface area (Å²) < 4.78 is 46.2. The molecule has 0 aliphatic carbocycles. The molecule has 0 radical (unpaired) electrons. The van der Waals surface area contributed by atoms with E-state index in [0.717, 1.165) is 15.9 Å². The van der Waals surface area contributed by atoms with Gasteiger partial charge >= 0.3 is 187 Å². The van der Waals surface area contributed by atoms with E-state index in [-0.39, 0.29) is 5.75 Å². The van der Waals surface area contributed by atoms with Crippen molar-refractivity contribution >= 4 is 23.2 Å². The van der Waals surface area contributed by atoms with Gasteiger partial charge in [0.15, 0.2) is 0 Å². The molecule has 0 saturated heterocycles. The predicted octanol–water partition coefficient (Wildman–Crippen LogP) is 5.94. The fourth-order valence-corrected chi connectivity index (χ4v) is 9.10. The number of ether oxygens (including phenoxy) is 1. The van der Waals surface area contributed by atoms with E-state index in [9.17, 15) is 13.2 Å². The van der Waals surface area contributed by atoms with Crippen LogP contribution in [0.5, 0.6) is 5.75 Å². The molecule has 4 aromatic rings. The Balaban J connectivity index is 1.97. The Labute approximate surface area is 186 Å². The summed E-state index contributed by atoms with van der Waals surface area (Å²) in [6.45, 7) is 0. The van der Waals surface area contributed by atoms with Crippen LogP contribution in [0.1, 0.15) is 11.1 Å². The van der Waals surface area contributed by atoms with Crippen LogP contribution in [0.4, 0.5) is 13.2 Å². The summed E-state index contributed by atoms with van der Waals surface area (Å²) in [6, 6.07) is 34.9. The van der Waals surface area contributed by atoms with Gasteiger partial charge in [0.2, 0.25) is 0 Å². The number of halogens is 3. The van der Waals surface area contributed by atoms with Crippen LogP contribution in [0, 0.1) is 0 Å². The SMILES string of the molecule is COc1ccc(C[PH](c2ccccc2)(c2ccccc2)c2ccccc2)cc1C(F)(F)F. The second-order valence-electron chi connectivity index (χ2n) is 7.71. The van der Waals surface area contributed by atoms with Gasteiger partial charge in [-0.3, -0.25) is 0 Å². The monoisotopic (exact) mass is 452 g/mol. The van der Waals surface area contributed by atoms with Gasteiger partial charge in [0, 0.05) is 0 Å². The van der Waals surface area contributed by atoms with Crippen molar-refractivity contribution in [3.05, 3.63) is 120 Å². The number of benzene rings is 4. The molecular weight excluding hydrogens is 428 g/mol. The molecule has 32 heavy (non-hydrogen) atoms. The number of hydrogen-bond acceptors (Lipinski definition) is 1. The van der Waals surface area contributed by atoms with Crippen molar-refractivity contribution < 1.29 is 17.9 Å². The van der Waals surface area contributed by atoms with Crippen molar-refractivity contribution in [1.29, 1.82) is 0 Å². The molecule has 0 heterocycles. The average Bonchev–Trinajstić information content (AvgIpc) is 2.83. The molecule has 5 heteroatoms. The van der Waals surface area contributed by atoms with Gasteiger partial charge in [0.25, 0.3) is 0 Å². The first-order valence-corrected chi connectivity index (χ1v) is 12.6. The maximum absolute atomic E-state index is 13.7. The molecule has 4 aromatic carbocycles. The molecule has 0 amide bonds. The van der Waals surface area contributed by atoms with E-state index in [2.05, 4.69) is 36.4 Å². The zero-order valence-electron chi connectivity index (χ0n) is 17.6. The van der Waals surface area contributed by atoms with E-state index in [1.165, 1.54) is 19.2 Å². The molecule has 0 saturated carbocycles. The summed E-state index contributed by atoms with van der Waals surface area (Å²) in [4.78, 5) is 0. The van der Waals surface area contributed by atoms with Gasteiger partial charge in [-0.05, 0) is 0 Å². The summed E-state index contributed by atoms with van der Waals surface area (Å²) in [5, 5.41) is 3.46. The summed E-state index contributed by atoms with van der Waals surface area (Å²) >= 11 is 0. The topological polar surface area (TPSA) is 9.23 Å². The van der Waals surface area contributed by atoms with Crippen molar-refractivity contribution in [2.75, 3.05) is 7.11 Å². The van der Waals surface area contributed by atoms with Gasteiger partial charge in [0.1, 0.15) is 0 Å². The molecule has 0 aromatic heterocycles. The normalized spacial score (nSPS) is 12.4. The van der Waals surface area contributed by atoms with Crippen LogP contribution in [0.3, 0.4) is 0 Å². The molecule has 0 spiro atoms. The number of rotatable bonds is 6. The molecular formula is C27H24F3OP. The average molecular weight is 452 g/mol. The third-order valence-electron chi connectivity index (χ3n) is 5.84. The van der Waals surface area contributed by atoms with Crippen molar-refractivity contribution in [2.45, 2.75) is 12.3 Å². The quantitative estimate of drug-likeness (QED) is 0.329. The van der Waals surface area contributed by atoms with E-state index < -0.39 is 19.0 Å². The van der Waals surface area contributed by atoms with E-state index >= 15 is 0 Å². The maximum atomic E-state index is 13.7. The van der Waals surface area contributed by atoms with Crippen LogP contribution in [0.25, 0.3) is 0 Å². The molecule has 0 unspecified atom stereocenters. The van der Waals surface area contributed by atoms with Crippen molar-refractivity contribution in [1.82, 2.24) is 0 Å². The van der Waals surface area contributed by atoms with Crippen LogP contribution in [0.2, 0.25) is 0 Å². The molecule has 0 aliphatic rings. The standard InChI is InChI=1S/C27H24F3OP/c1-31-26-18-17-21(19-25(26)27(28,29)30)20-32(22-11-5-2-6-12-22,23-13-7-3-8-14-23)24-15-9-4-10-16-24/h2-19,32H,20H2,1H3. The Bertz CT molecular complexity index is 1060. The zero-order valence-corrected chi connectivity index (χ0v) is 18.6. The Morgan fingerprint density at radius 3 is 1.47 bits per heavy atom. The van der Waals surface area contributed by atoms with Crippen LogP contribution in [-0.4, -0.2) is 7.11 Å². The first-order chi connectivity index (χ1) is 15.4. The molecule has 1 nitrogen and oxygen atoms in total. The van der Waals surface area contributed by atoms with Gasteiger partial charge in [-0.25, -0.2) is 0 Å². The van der Waals surface area contributed by atoms with E-state index in [1.54, 1.807) is 6.07 Å². The van der Waals surface area contributed by atoms with Crippen LogP contribution < -0.4 is 20.7 Å². The van der Waals surface area contributed by atoms with Gasteiger partial charge in [-0.1, -0.05) is 0 Å².